The molecule has 0 aliphatic carbocycles. The van der Waals surface area contributed by atoms with Crippen molar-refractivity contribution < 1.29 is 4.74 Å². The molecule has 2 aromatic carbocycles. The molecule has 1 fully saturated rings. The minimum absolute atomic E-state index is 0.234. The zero-order valence-electron chi connectivity index (χ0n) is 15.3. The summed E-state index contributed by atoms with van der Waals surface area (Å²) in [6.07, 6.45) is 1.14. The second kappa shape index (κ2) is 8.48. The fraction of sp³-hybridized carbons (Fsp3) is 0.429. The predicted molar refractivity (Wildman–Crippen MR) is 103 cm³/mol. The second-order valence-corrected chi connectivity index (χ2v) is 6.80. The van der Waals surface area contributed by atoms with Crippen LogP contribution in [-0.4, -0.2) is 49.1 Å². The maximum atomic E-state index is 6.19. The number of rotatable bonds is 6. The number of piperazine rings is 1. The Morgan fingerprint density at radius 3 is 2.56 bits per heavy atom. The summed E-state index contributed by atoms with van der Waals surface area (Å²) in [5, 5.41) is 0. The van der Waals surface area contributed by atoms with Crippen LogP contribution in [-0.2, 0) is 0 Å². The largest absolute Gasteiger partial charge is 0.457 e. The summed E-state index contributed by atoms with van der Waals surface area (Å²) in [4.78, 5) is 4.98. The first-order valence-corrected chi connectivity index (χ1v) is 9.18. The van der Waals surface area contributed by atoms with Crippen LogP contribution in [0.2, 0.25) is 0 Å². The van der Waals surface area contributed by atoms with Gasteiger partial charge in [0.15, 0.2) is 0 Å². The highest BCUT2D eigenvalue weighted by molar-refractivity contribution is 5.35. The van der Waals surface area contributed by atoms with Gasteiger partial charge >= 0.3 is 0 Å². The molecule has 0 amide bonds. The molecule has 3 rings (SSSR count). The van der Waals surface area contributed by atoms with Crippen LogP contribution < -0.4 is 10.5 Å². The minimum Gasteiger partial charge on any atom is -0.457 e. The van der Waals surface area contributed by atoms with E-state index in [0.29, 0.717) is 12.6 Å². The number of ether oxygens (including phenoxy) is 1. The van der Waals surface area contributed by atoms with Crippen LogP contribution in [0.1, 0.15) is 24.9 Å². The molecule has 2 N–H and O–H groups in total. The molecule has 1 aliphatic rings. The van der Waals surface area contributed by atoms with Gasteiger partial charge in [0, 0.05) is 38.3 Å². The first-order valence-electron chi connectivity index (χ1n) is 9.18. The lowest BCUT2D eigenvalue weighted by Crippen LogP contribution is -2.53. The summed E-state index contributed by atoms with van der Waals surface area (Å²) in [5.41, 5.74) is 7.43. The van der Waals surface area contributed by atoms with E-state index in [2.05, 4.69) is 42.0 Å². The van der Waals surface area contributed by atoms with Gasteiger partial charge in [-0.25, -0.2) is 0 Å². The standard InChI is InChI=1S/C21H29N3O/c1-3-18-16-23(2)12-13-24(18)21(15-22)17-8-7-11-20(14-17)25-19-9-5-4-6-10-19/h4-11,14,18,21H,3,12-13,15-16,22H2,1-2H3. The number of benzene rings is 2. The average molecular weight is 339 g/mol. The van der Waals surface area contributed by atoms with Crippen molar-refractivity contribution in [1.82, 2.24) is 9.80 Å². The molecule has 1 heterocycles. The fourth-order valence-corrected chi connectivity index (χ4v) is 3.67. The van der Waals surface area contributed by atoms with Gasteiger partial charge < -0.3 is 15.4 Å². The van der Waals surface area contributed by atoms with E-state index in [1.54, 1.807) is 0 Å². The van der Waals surface area contributed by atoms with Crippen LogP contribution in [0.4, 0.5) is 0 Å². The normalized spacial score (nSPS) is 20.4. The lowest BCUT2D eigenvalue weighted by atomic mass is 10.00. The molecular weight excluding hydrogens is 310 g/mol. The number of para-hydroxylation sites is 1. The van der Waals surface area contributed by atoms with Crippen molar-refractivity contribution in [1.29, 1.82) is 0 Å². The van der Waals surface area contributed by atoms with Gasteiger partial charge in [0.25, 0.3) is 0 Å². The maximum Gasteiger partial charge on any atom is 0.127 e. The van der Waals surface area contributed by atoms with E-state index in [9.17, 15) is 0 Å². The van der Waals surface area contributed by atoms with Crippen LogP contribution in [0, 0.1) is 0 Å². The van der Waals surface area contributed by atoms with Gasteiger partial charge in [-0.2, -0.15) is 0 Å². The van der Waals surface area contributed by atoms with Gasteiger partial charge in [-0.05, 0) is 43.3 Å². The van der Waals surface area contributed by atoms with Gasteiger partial charge in [-0.3, -0.25) is 4.90 Å². The summed E-state index contributed by atoms with van der Waals surface area (Å²) >= 11 is 0. The Bertz CT molecular complexity index is 661. The van der Waals surface area contributed by atoms with Gasteiger partial charge in [-0.15, -0.1) is 0 Å². The lowest BCUT2D eigenvalue weighted by Gasteiger charge is -2.44. The highest BCUT2D eigenvalue weighted by atomic mass is 16.5. The van der Waals surface area contributed by atoms with E-state index in [1.165, 1.54) is 5.56 Å². The predicted octanol–water partition coefficient (Wildman–Crippen LogP) is 3.50. The van der Waals surface area contributed by atoms with Crippen LogP contribution in [0.15, 0.2) is 54.6 Å². The molecule has 134 valence electrons. The number of hydrogen-bond donors (Lipinski definition) is 1. The van der Waals surface area contributed by atoms with E-state index in [1.807, 2.05) is 36.4 Å². The van der Waals surface area contributed by atoms with E-state index in [-0.39, 0.29) is 6.04 Å². The summed E-state index contributed by atoms with van der Waals surface area (Å²) in [5.74, 6) is 1.72. The fourth-order valence-electron chi connectivity index (χ4n) is 3.67. The van der Waals surface area contributed by atoms with Gasteiger partial charge in [0.1, 0.15) is 11.5 Å². The summed E-state index contributed by atoms with van der Waals surface area (Å²) in [7, 11) is 2.20. The van der Waals surface area contributed by atoms with Crippen molar-refractivity contribution in [3.05, 3.63) is 60.2 Å². The van der Waals surface area contributed by atoms with E-state index in [4.69, 9.17) is 10.5 Å². The Morgan fingerprint density at radius 2 is 1.84 bits per heavy atom. The third-order valence-corrected chi connectivity index (χ3v) is 5.05. The topological polar surface area (TPSA) is 41.7 Å². The third-order valence-electron chi connectivity index (χ3n) is 5.05. The number of likely N-dealkylation sites (N-methyl/N-ethyl adjacent to an activating group) is 1. The summed E-state index contributed by atoms with van der Waals surface area (Å²) < 4.78 is 6.00. The molecule has 2 atom stereocenters. The molecule has 2 aromatic rings. The molecule has 25 heavy (non-hydrogen) atoms. The molecule has 0 bridgehead atoms. The Balaban J connectivity index is 1.80. The van der Waals surface area contributed by atoms with Crippen molar-refractivity contribution in [2.75, 3.05) is 33.2 Å². The Hall–Kier alpha value is -1.88. The van der Waals surface area contributed by atoms with Crippen molar-refractivity contribution in [3.63, 3.8) is 0 Å². The maximum absolute atomic E-state index is 6.19. The molecule has 2 unspecified atom stereocenters. The van der Waals surface area contributed by atoms with Crippen molar-refractivity contribution >= 4 is 0 Å². The number of hydrogen-bond acceptors (Lipinski definition) is 4. The van der Waals surface area contributed by atoms with Crippen LogP contribution in [0.3, 0.4) is 0 Å². The van der Waals surface area contributed by atoms with Crippen LogP contribution >= 0.6 is 0 Å². The second-order valence-electron chi connectivity index (χ2n) is 6.80. The van der Waals surface area contributed by atoms with Crippen LogP contribution in [0.25, 0.3) is 0 Å². The monoisotopic (exact) mass is 339 g/mol. The Labute approximate surface area is 151 Å². The van der Waals surface area contributed by atoms with E-state index < -0.39 is 0 Å². The zero-order valence-corrected chi connectivity index (χ0v) is 15.3. The third kappa shape index (κ3) is 4.40. The molecule has 1 aliphatic heterocycles. The van der Waals surface area contributed by atoms with Crippen molar-refractivity contribution in [2.45, 2.75) is 25.4 Å². The van der Waals surface area contributed by atoms with Crippen molar-refractivity contribution in [2.24, 2.45) is 5.73 Å². The Morgan fingerprint density at radius 1 is 1.08 bits per heavy atom. The molecule has 1 saturated heterocycles. The molecule has 0 radical (unpaired) electrons. The van der Waals surface area contributed by atoms with Gasteiger partial charge in [0.2, 0.25) is 0 Å². The highest BCUT2D eigenvalue weighted by Crippen LogP contribution is 2.29. The molecule has 0 aromatic heterocycles. The summed E-state index contributed by atoms with van der Waals surface area (Å²) in [6, 6.07) is 19.1. The van der Waals surface area contributed by atoms with Gasteiger partial charge in [-0.1, -0.05) is 37.3 Å². The van der Waals surface area contributed by atoms with Gasteiger partial charge in [0.05, 0.1) is 0 Å². The average Bonchev–Trinajstić information content (AvgIpc) is 2.64. The quantitative estimate of drug-likeness (QED) is 0.874. The molecule has 4 heteroatoms. The lowest BCUT2D eigenvalue weighted by molar-refractivity contribution is 0.0520. The number of nitrogens with zero attached hydrogens (tertiary/aromatic N) is 2. The summed E-state index contributed by atoms with van der Waals surface area (Å²) in [6.45, 7) is 6.13. The molecule has 0 spiro atoms. The zero-order chi connectivity index (χ0) is 17.6. The van der Waals surface area contributed by atoms with Crippen molar-refractivity contribution in [3.8, 4) is 11.5 Å². The number of nitrogens with two attached hydrogens (primary N) is 1. The van der Waals surface area contributed by atoms with E-state index >= 15 is 0 Å². The molecular formula is C21H29N3O. The minimum atomic E-state index is 0.234. The van der Waals surface area contributed by atoms with E-state index in [0.717, 1.165) is 37.6 Å². The smallest absolute Gasteiger partial charge is 0.127 e. The Kier molecular flexibility index (Phi) is 6.08. The molecule has 4 nitrogen and oxygen atoms in total. The highest BCUT2D eigenvalue weighted by Gasteiger charge is 2.30. The molecule has 0 saturated carbocycles. The van der Waals surface area contributed by atoms with Crippen LogP contribution in [0.5, 0.6) is 11.5 Å². The first kappa shape index (κ1) is 17.9. The first-order chi connectivity index (χ1) is 12.2. The SMILES string of the molecule is CCC1CN(C)CCN1C(CN)c1cccc(Oc2ccccc2)c1.